The van der Waals surface area contributed by atoms with E-state index in [1.165, 1.54) is 0 Å². The number of likely N-dealkylation sites (tertiary alicyclic amines) is 1. The summed E-state index contributed by atoms with van der Waals surface area (Å²) in [6, 6.07) is 7.87. The summed E-state index contributed by atoms with van der Waals surface area (Å²) in [6.07, 6.45) is 2.79. The average molecular weight is 342 g/mol. The fourth-order valence-corrected chi connectivity index (χ4v) is 3.20. The number of hydrogen-bond acceptors (Lipinski definition) is 3. The fraction of sp³-hybridized carbons (Fsp3) is 0.526. The van der Waals surface area contributed by atoms with E-state index in [0.717, 1.165) is 42.8 Å². The SMILES string of the molecule is CC(C)C(=O)NCCc1nc2ccccc2n1CC(=O)N1CCCC1. The third-order valence-corrected chi connectivity index (χ3v) is 4.66. The van der Waals surface area contributed by atoms with Crippen LogP contribution in [0.5, 0.6) is 0 Å². The Morgan fingerprint density at radius 1 is 1.20 bits per heavy atom. The van der Waals surface area contributed by atoms with Gasteiger partial charge in [-0.25, -0.2) is 4.98 Å². The molecule has 0 unspecified atom stereocenters. The summed E-state index contributed by atoms with van der Waals surface area (Å²) in [5.41, 5.74) is 1.86. The Labute approximate surface area is 148 Å². The molecule has 1 aliphatic rings. The molecule has 3 rings (SSSR count). The van der Waals surface area contributed by atoms with Crippen LogP contribution in [0.25, 0.3) is 11.0 Å². The van der Waals surface area contributed by atoms with Crippen molar-refractivity contribution in [2.45, 2.75) is 39.7 Å². The zero-order chi connectivity index (χ0) is 17.8. The fourth-order valence-electron chi connectivity index (χ4n) is 3.20. The predicted molar refractivity (Wildman–Crippen MR) is 97.1 cm³/mol. The number of nitrogens with one attached hydrogen (secondary N) is 1. The molecule has 1 saturated heterocycles. The maximum Gasteiger partial charge on any atom is 0.242 e. The van der Waals surface area contributed by atoms with Gasteiger partial charge in [-0.3, -0.25) is 9.59 Å². The molecular weight excluding hydrogens is 316 g/mol. The molecule has 0 aliphatic carbocycles. The number of fused-ring (bicyclic) bond motifs is 1. The molecular formula is C19H26N4O2. The van der Waals surface area contributed by atoms with E-state index in [-0.39, 0.29) is 17.7 Å². The molecule has 6 heteroatoms. The Balaban J connectivity index is 1.77. The molecule has 2 amide bonds. The number of benzene rings is 1. The highest BCUT2D eigenvalue weighted by Crippen LogP contribution is 2.18. The van der Waals surface area contributed by atoms with Gasteiger partial charge in [-0.2, -0.15) is 0 Å². The Kier molecular flexibility index (Phi) is 5.36. The zero-order valence-corrected chi connectivity index (χ0v) is 15.0. The van der Waals surface area contributed by atoms with Crippen molar-refractivity contribution in [3.8, 4) is 0 Å². The summed E-state index contributed by atoms with van der Waals surface area (Å²) >= 11 is 0. The minimum atomic E-state index is -0.0319. The highest BCUT2D eigenvalue weighted by atomic mass is 16.2. The van der Waals surface area contributed by atoms with Gasteiger partial charge in [-0.1, -0.05) is 26.0 Å². The summed E-state index contributed by atoms with van der Waals surface area (Å²) in [5.74, 6) is 0.997. The van der Waals surface area contributed by atoms with Crippen molar-refractivity contribution in [3.63, 3.8) is 0 Å². The maximum absolute atomic E-state index is 12.6. The molecule has 2 aromatic rings. The molecule has 25 heavy (non-hydrogen) atoms. The van der Waals surface area contributed by atoms with Crippen LogP contribution >= 0.6 is 0 Å². The number of aromatic nitrogens is 2. The van der Waals surface area contributed by atoms with Gasteiger partial charge in [0.1, 0.15) is 12.4 Å². The topological polar surface area (TPSA) is 67.2 Å². The molecule has 0 saturated carbocycles. The van der Waals surface area contributed by atoms with Crippen LogP contribution in [0.15, 0.2) is 24.3 Å². The lowest BCUT2D eigenvalue weighted by molar-refractivity contribution is -0.130. The van der Waals surface area contributed by atoms with Crippen molar-refractivity contribution in [2.75, 3.05) is 19.6 Å². The van der Waals surface area contributed by atoms with E-state index in [1.54, 1.807) is 0 Å². The lowest BCUT2D eigenvalue weighted by atomic mass is 10.2. The molecule has 1 aliphatic heterocycles. The number of hydrogen-bond donors (Lipinski definition) is 1. The molecule has 2 heterocycles. The van der Waals surface area contributed by atoms with Crippen LogP contribution < -0.4 is 5.32 Å². The van der Waals surface area contributed by atoms with E-state index in [2.05, 4.69) is 10.3 Å². The summed E-state index contributed by atoms with van der Waals surface area (Å²) < 4.78 is 2.00. The number of amides is 2. The monoisotopic (exact) mass is 342 g/mol. The second kappa shape index (κ2) is 7.68. The van der Waals surface area contributed by atoms with Gasteiger partial charge in [0.05, 0.1) is 11.0 Å². The number of carbonyl (C=O) groups excluding carboxylic acids is 2. The first kappa shape index (κ1) is 17.5. The van der Waals surface area contributed by atoms with Crippen LogP contribution in [0, 0.1) is 5.92 Å². The molecule has 0 bridgehead atoms. The standard InChI is InChI=1S/C19H26N4O2/c1-14(2)19(25)20-10-9-17-21-15-7-3-4-8-16(15)23(17)13-18(24)22-11-5-6-12-22/h3-4,7-8,14H,5-6,9-13H2,1-2H3,(H,20,25). The largest absolute Gasteiger partial charge is 0.355 e. The molecule has 1 N–H and O–H groups in total. The Hall–Kier alpha value is -2.37. The number of carbonyl (C=O) groups is 2. The van der Waals surface area contributed by atoms with Crippen molar-refractivity contribution in [1.29, 1.82) is 0 Å². The first-order valence-electron chi connectivity index (χ1n) is 9.06. The second-order valence-electron chi connectivity index (χ2n) is 6.89. The molecule has 1 aromatic heterocycles. The van der Waals surface area contributed by atoms with Crippen molar-refractivity contribution >= 4 is 22.8 Å². The Morgan fingerprint density at radius 2 is 1.92 bits per heavy atom. The summed E-state index contributed by atoms with van der Waals surface area (Å²) in [4.78, 5) is 30.9. The van der Waals surface area contributed by atoms with E-state index in [4.69, 9.17) is 0 Å². The molecule has 0 atom stereocenters. The minimum Gasteiger partial charge on any atom is -0.355 e. The van der Waals surface area contributed by atoms with Crippen molar-refractivity contribution in [1.82, 2.24) is 19.8 Å². The van der Waals surface area contributed by atoms with Crippen LogP contribution in [0.2, 0.25) is 0 Å². The zero-order valence-electron chi connectivity index (χ0n) is 15.0. The van der Waals surface area contributed by atoms with Gasteiger partial charge < -0.3 is 14.8 Å². The average Bonchev–Trinajstić information content (AvgIpc) is 3.23. The van der Waals surface area contributed by atoms with Crippen LogP contribution in [0.1, 0.15) is 32.5 Å². The van der Waals surface area contributed by atoms with E-state index in [0.29, 0.717) is 19.5 Å². The predicted octanol–water partition coefficient (Wildman–Crippen LogP) is 1.97. The first-order valence-corrected chi connectivity index (χ1v) is 9.06. The lowest BCUT2D eigenvalue weighted by Gasteiger charge is -2.17. The van der Waals surface area contributed by atoms with Crippen LogP contribution in [0.4, 0.5) is 0 Å². The van der Waals surface area contributed by atoms with Crippen molar-refractivity contribution < 1.29 is 9.59 Å². The van der Waals surface area contributed by atoms with Crippen molar-refractivity contribution in [3.05, 3.63) is 30.1 Å². The molecule has 1 aromatic carbocycles. The molecule has 6 nitrogen and oxygen atoms in total. The third-order valence-electron chi connectivity index (χ3n) is 4.66. The van der Waals surface area contributed by atoms with Crippen LogP contribution in [-0.4, -0.2) is 45.9 Å². The minimum absolute atomic E-state index is 0.0319. The summed E-state index contributed by atoms with van der Waals surface area (Å²) in [5, 5.41) is 2.92. The first-order chi connectivity index (χ1) is 12.1. The van der Waals surface area contributed by atoms with Crippen LogP contribution in [0.3, 0.4) is 0 Å². The van der Waals surface area contributed by atoms with Gasteiger partial charge in [-0.15, -0.1) is 0 Å². The highest BCUT2D eigenvalue weighted by molar-refractivity contribution is 5.81. The van der Waals surface area contributed by atoms with Gasteiger partial charge in [0.2, 0.25) is 11.8 Å². The number of rotatable bonds is 6. The lowest BCUT2D eigenvalue weighted by Crippen LogP contribution is -2.32. The molecule has 134 valence electrons. The Morgan fingerprint density at radius 3 is 2.64 bits per heavy atom. The molecule has 0 spiro atoms. The molecule has 0 radical (unpaired) electrons. The number of nitrogens with zero attached hydrogens (tertiary/aromatic N) is 3. The van der Waals surface area contributed by atoms with E-state index in [9.17, 15) is 9.59 Å². The van der Waals surface area contributed by atoms with Gasteiger partial charge in [0, 0.05) is 32.0 Å². The molecule has 1 fully saturated rings. The van der Waals surface area contributed by atoms with Gasteiger partial charge in [-0.05, 0) is 25.0 Å². The van der Waals surface area contributed by atoms with Gasteiger partial charge in [0.15, 0.2) is 0 Å². The number of para-hydroxylation sites is 2. The maximum atomic E-state index is 12.6. The third kappa shape index (κ3) is 4.00. The summed E-state index contributed by atoms with van der Waals surface area (Å²) in [7, 11) is 0. The summed E-state index contributed by atoms with van der Waals surface area (Å²) in [6.45, 7) is 6.29. The normalized spacial score (nSPS) is 14.4. The van der Waals surface area contributed by atoms with Crippen LogP contribution in [-0.2, 0) is 22.6 Å². The van der Waals surface area contributed by atoms with Gasteiger partial charge >= 0.3 is 0 Å². The number of imidazole rings is 1. The quantitative estimate of drug-likeness (QED) is 0.873. The van der Waals surface area contributed by atoms with Crippen molar-refractivity contribution in [2.24, 2.45) is 5.92 Å². The van der Waals surface area contributed by atoms with E-state index in [1.807, 2.05) is 47.6 Å². The van der Waals surface area contributed by atoms with Gasteiger partial charge in [0.25, 0.3) is 0 Å². The Bertz CT molecular complexity index is 760. The second-order valence-corrected chi connectivity index (χ2v) is 6.89. The highest BCUT2D eigenvalue weighted by Gasteiger charge is 2.20. The van der Waals surface area contributed by atoms with E-state index < -0.39 is 0 Å². The van der Waals surface area contributed by atoms with E-state index >= 15 is 0 Å². The smallest absolute Gasteiger partial charge is 0.242 e.